The highest BCUT2D eigenvalue weighted by Crippen LogP contribution is 2.18. The molecule has 0 aliphatic carbocycles. The number of rotatable bonds is 9. The van der Waals surface area contributed by atoms with Crippen LogP contribution in [0.15, 0.2) is 58.8 Å². The maximum Gasteiger partial charge on any atom is 0.163 e. The van der Waals surface area contributed by atoms with E-state index in [0.717, 1.165) is 22.1 Å². The molecule has 21 heavy (non-hydrogen) atoms. The molecule has 4 nitrogen and oxygen atoms in total. The number of aromatic nitrogens is 2. The molecule has 0 aliphatic heterocycles. The molecule has 2 rings (SSSR count). The molecule has 0 aromatic carbocycles. The number of pyridine rings is 2. The van der Waals surface area contributed by atoms with Crippen molar-refractivity contribution < 1.29 is 9.84 Å². The van der Waals surface area contributed by atoms with Crippen molar-refractivity contribution in [2.24, 2.45) is 0 Å². The molecule has 2 aromatic rings. The minimum absolute atomic E-state index is 0.525. The van der Waals surface area contributed by atoms with Crippen molar-refractivity contribution in [1.82, 2.24) is 9.97 Å². The summed E-state index contributed by atoms with van der Waals surface area (Å²) in [5.41, 5.74) is 0. The Labute approximate surface area is 133 Å². The molecule has 0 amide bonds. The van der Waals surface area contributed by atoms with E-state index in [1.54, 1.807) is 42.1 Å². The van der Waals surface area contributed by atoms with Gasteiger partial charge in [0.1, 0.15) is 0 Å². The van der Waals surface area contributed by atoms with Gasteiger partial charge in [0.25, 0.3) is 0 Å². The molecule has 1 N–H and O–H groups in total. The molecule has 1 unspecified atom stereocenters. The number of hydrogen-bond donors (Lipinski definition) is 1. The van der Waals surface area contributed by atoms with Crippen LogP contribution in [0.1, 0.15) is 6.42 Å². The molecule has 0 spiro atoms. The molecule has 0 saturated heterocycles. The first-order valence-corrected chi connectivity index (χ1v) is 8.68. The quantitative estimate of drug-likeness (QED) is 0.435. The van der Waals surface area contributed by atoms with E-state index in [0.29, 0.717) is 12.4 Å². The molecular weight excluding hydrogens is 304 g/mol. The van der Waals surface area contributed by atoms with Gasteiger partial charge in [0, 0.05) is 35.0 Å². The molecule has 2 heterocycles. The second-order valence-corrected chi connectivity index (χ2v) is 6.40. The number of hydrogen-bond acceptors (Lipinski definition) is 6. The second kappa shape index (κ2) is 9.78. The van der Waals surface area contributed by atoms with Crippen molar-refractivity contribution >= 4 is 23.5 Å². The van der Waals surface area contributed by atoms with E-state index >= 15 is 0 Å². The second-order valence-electron chi connectivity index (χ2n) is 4.19. The molecule has 0 radical (unpaired) electrons. The molecular formula is C15H18N2O2S2. The lowest BCUT2D eigenvalue weighted by molar-refractivity contribution is -0.0809. The topological polar surface area (TPSA) is 55.2 Å². The Bertz CT molecular complexity index is 500. The maximum atomic E-state index is 9.75. The van der Waals surface area contributed by atoms with Gasteiger partial charge in [0.05, 0.1) is 11.6 Å². The standard InChI is InChI=1S/C15H18N2O2S2/c18-15(12-21-13-5-8-16-9-6-13)19-10-3-11-20-14-4-1-2-7-17-14/h1-2,4-9,15,18H,3,10-12H2. The van der Waals surface area contributed by atoms with Crippen LogP contribution in [0.2, 0.25) is 0 Å². The Balaban J connectivity index is 1.52. The van der Waals surface area contributed by atoms with E-state index in [9.17, 15) is 5.11 Å². The normalized spacial score (nSPS) is 12.2. The summed E-state index contributed by atoms with van der Waals surface area (Å²) in [5.74, 6) is 1.46. The Morgan fingerprint density at radius 3 is 2.71 bits per heavy atom. The fraction of sp³-hybridized carbons (Fsp3) is 0.333. The highest BCUT2D eigenvalue weighted by molar-refractivity contribution is 7.99. The fourth-order valence-corrected chi connectivity index (χ4v) is 3.06. The smallest absolute Gasteiger partial charge is 0.163 e. The summed E-state index contributed by atoms with van der Waals surface area (Å²) >= 11 is 3.26. The van der Waals surface area contributed by atoms with Gasteiger partial charge in [-0.05, 0) is 30.7 Å². The van der Waals surface area contributed by atoms with E-state index in [1.807, 2.05) is 30.3 Å². The van der Waals surface area contributed by atoms with Gasteiger partial charge in [0.2, 0.25) is 0 Å². The first-order valence-electron chi connectivity index (χ1n) is 6.71. The van der Waals surface area contributed by atoms with Crippen molar-refractivity contribution in [2.45, 2.75) is 22.6 Å². The van der Waals surface area contributed by atoms with Crippen molar-refractivity contribution in [2.75, 3.05) is 18.1 Å². The van der Waals surface area contributed by atoms with Crippen LogP contribution in [0.3, 0.4) is 0 Å². The molecule has 112 valence electrons. The van der Waals surface area contributed by atoms with Crippen LogP contribution >= 0.6 is 23.5 Å². The third-order valence-corrected chi connectivity index (χ3v) is 4.62. The predicted octanol–water partition coefficient (Wildman–Crippen LogP) is 3.09. The zero-order valence-corrected chi connectivity index (χ0v) is 13.2. The van der Waals surface area contributed by atoms with E-state index in [4.69, 9.17) is 4.74 Å². The van der Waals surface area contributed by atoms with Gasteiger partial charge in [-0.1, -0.05) is 6.07 Å². The van der Waals surface area contributed by atoms with Crippen molar-refractivity contribution in [3.8, 4) is 0 Å². The van der Waals surface area contributed by atoms with Crippen LogP contribution in [0.4, 0.5) is 0 Å². The minimum atomic E-state index is -0.733. The molecule has 2 aromatic heterocycles. The van der Waals surface area contributed by atoms with E-state index < -0.39 is 6.29 Å². The van der Waals surface area contributed by atoms with Crippen molar-refractivity contribution in [1.29, 1.82) is 0 Å². The summed E-state index contributed by atoms with van der Waals surface area (Å²) in [6.07, 6.45) is 5.43. The summed E-state index contributed by atoms with van der Waals surface area (Å²) in [7, 11) is 0. The lowest BCUT2D eigenvalue weighted by Crippen LogP contribution is -2.15. The number of aliphatic hydroxyl groups is 1. The lowest BCUT2D eigenvalue weighted by atomic mass is 10.5. The Morgan fingerprint density at radius 1 is 1.10 bits per heavy atom. The molecule has 0 fully saturated rings. The predicted molar refractivity (Wildman–Crippen MR) is 86.5 cm³/mol. The molecule has 0 bridgehead atoms. The third kappa shape index (κ3) is 6.95. The zero-order chi connectivity index (χ0) is 14.8. The fourth-order valence-electron chi connectivity index (χ4n) is 1.54. The third-order valence-electron chi connectivity index (χ3n) is 2.53. The maximum absolute atomic E-state index is 9.75. The van der Waals surface area contributed by atoms with Crippen LogP contribution in [0.5, 0.6) is 0 Å². The monoisotopic (exact) mass is 322 g/mol. The first kappa shape index (κ1) is 16.3. The van der Waals surface area contributed by atoms with Gasteiger partial charge in [0.15, 0.2) is 6.29 Å². The Hall–Kier alpha value is -1.08. The highest BCUT2D eigenvalue weighted by atomic mass is 32.2. The number of nitrogens with zero attached hydrogens (tertiary/aromatic N) is 2. The molecule has 6 heteroatoms. The van der Waals surface area contributed by atoms with Gasteiger partial charge in [-0.2, -0.15) is 0 Å². The largest absolute Gasteiger partial charge is 0.367 e. The average Bonchev–Trinajstić information content (AvgIpc) is 2.54. The number of thioether (sulfide) groups is 2. The van der Waals surface area contributed by atoms with Crippen molar-refractivity contribution in [3.63, 3.8) is 0 Å². The van der Waals surface area contributed by atoms with Crippen LogP contribution < -0.4 is 0 Å². The van der Waals surface area contributed by atoms with Crippen molar-refractivity contribution in [3.05, 3.63) is 48.9 Å². The summed E-state index contributed by atoms with van der Waals surface area (Å²) < 4.78 is 5.39. The summed E-state index contributed by atoms with van der Waals surface area (Å²) in [5, 5.41) is 10.8. The summed E-state index contributed by atoms with van der Waals surface area (Å²) in [4.78, 5) is 9.27. The first-order chi connectivity index (χ1) is 10.3. The van der Waals surface area contributed by atoms with E-state index in [1.165, 1.54) is 0 Å². The summed E-state index contributed by atoms with van der Waals surface area (Å²) in [6.45, 7) is 0.553. The molecule has 1 atom stereocenters. The SMILES string of the molecule is OC(CSc1ccncc1)OCCCSc1ccccn1. The van der Waals surface area contributed by atoms with Gasteiger partial charge in [-0.15, -0.1) is 23.5 Å². The summed E-state index contributed by atoms with van der Waals surface area (Å²) in [6, 6.07) is 9.71. The Morgan fingerprint density at radius 2 is 1.95 bits per heavy atom. The van der Waals surface area contributed by atoms with E-state index in [-0.39, 0.29) is 0 Å². The average molecular weight is 322 g/mol. The Kier molecular flexibility index (Phi) is 7.59. The molecule has 0 aliphatic rings. The lowest BCUT2D eigenvalue weighted by Gasteiger charge is -2.11. The zero-order valence-electron chi connectivity index (χ0n) is 11.6. The van der Waals surface area contributed by atoms with Crippen LogP contribution in [0.25, 0.3) is 0 Å². The van der Waals surface area contributed by atoms with Gasteiger partial charge >= 0.3 is 0 Å². The molecule has 0 saturated carbocycles. The van der Waals surface area contributed by atoms with Crippen LogP contribution in [-0.4, -0.2) is 39.5 Å². The van der Waals surface area contributed by atoms with Gasteiger partial charge in [-0.3, -0.25) is 4.98 Å². The number of ether oxygens (including phenoxy) is 1. The van der Waals surface area contributed by atoms with E-state index in [2.05, 4.69) is 9.97 Å². The van der Waals surface area contributed by atoms with Gasteiger partial charge in [-0.25, -0.2) is 4.98 Å². The van der Waals surface area contributed by atoms with Gasteiger partial charge < -0.3 is 9.84 Å². The van der Waals surface area contributed by atoms with Crippen LogP contribution in [-0.2, 0) is 4.74 Å². The number of aliphatic hydroxyl groups excluding tert-OH is 1. The van der Waals surface area contributed by atoms with Crippen LogP contribution in [0, 0.1) is 0 Å². The minimum Gasteiger partial charge on any atom is -0.367 e. The highest BCUT2D eigenvalue weighted by Gasteiger charge is 2.05.